The Balaban J connectivity index is 1.83. The second-order valence-electron chi connectivity index (χ2n) is 5.34. The third-order valence-electron chi connectivity index (χ3n) is 4.12. The van der Waals surface area contributed by atoms with Gasteiger partial charge in [-0.15, -0.1) is 0 Å². The molecule has 3 nitrogen and oxygen atoms in total. The molecular formula is C12H16F3N3. The van der Waals surface area contributed by atoms with Crippen LogP contribution in [0.15, 0.2) is 6.20 Å². The predicted octanol–water partition coefficient (Wildman–Crippen LogP) is 2.48. The van der Waals surface area contributed by atoms with Gasteiger partial charge >= 0.3 is 6.18 Å². The van der Waals surface area contributed by atoms with Crippen LogP contribution >= 0.6 is 0 Å². The van der Waals surface area contributed by atoms with Gasteiger partial charge in [0.2, 0.25) is 0 Å². The smallest absolute Gasteiger partial charge is 0.297 e. The third-order valence-corrected chi connectivity index (χ3v) is 4.12. The summed E-state index contributed by atoms with van der Waals surface area (Å²) in [4.78, 5) is 0. The van der Waals surface area contributed by atoms with Gasteiger partial charge in [-0.25, -0.2) is 0 Å². The highest BCUT2D eigenvalue weighted by molar-refractivity contribution is 5.26. The Hall–Kier alpha value is -1.04. The highest BCUT2D eigenvalue weighted by Crippen LogP contribution is 2.51. The van der Waals surface area contributed by atoms with Crippen LogP contribution in [0.2, 0.25) is 0 Å². The van der Waals surface area contributed by atoms with E-state index in [1.54, 1.807) is 10.9 Å². The zero-order chi connectivity index (χ0) is 13.0. The summed E-state index contributed by atoms with van der Waals surface area (Å²) in [5, 5.41) is 6.99. The summed E-state index contributed by atoms with van der Waals surface area (Å²) in [7, 11) is 1.85. The largest absolute Gasteiger partial charge is 0.406 e. The molecule has 1 unspecified atom stereocenters. The zero-order valence-corrected chi connectivity index (χ0v) is 10.2. The van der Waals surface area contributed by atoms with Crippen molar-refractivity contribution in [3.05, 3.63) is 17.5 Å². The number of fused-ring (bicyclic) bond motifs is 1. The van der Waals surface area contributed by atoms with Gasteiger partial charge in [0.1, 0.15) is 5.54 Å². The summed E-state index contributed by atoms with van der Waals surface area (Å²) in [6.07, 6.45) is 0.536. The number of alkyl halides is 3. The number of aryl methyl sites for hydroxylation is 1. The Kier molecular flexibility index (Phi) is 2.49. The fourth-order valence-electron chi connectivity index (χ4n) is 2.82. The molecule has 1 heterocycles. The van der Waals surface area contributed by atoms with E-state index < -0.39 is 11.7 Å². The van der Waals surface area contributed by atoms with Gasteiger partial charge in [0.15, 0.2) is 0 Å². The number of hydrogen-bond acceptors (Lipinski definition) is 2. The SMILES string of the molecule is Cn1ncc2c1CCCC2NC1(C(F)(F)F)CC1. The van der Waals surface area contributed by atoms with Gasteiger partial charge in [-0.3, -0.25) is 10.00 Å². The highest BCUT2D eigenvalue weighted by atomic mass is 19.4. The van der Waals surface area contributed by atoms with E-state index in [4.69, 9.17) is 0 Å². The van der Waals surface area contributed by atoms with Gasteiger partial charge in [-0.1, -0.05) is 0 Å². The lowest BCUT2D eigenvalue weighted by molar-refractivity contribution is -0.168. The standard InChI is InChI=1S/C12H16F3N3/c1-18-10-4-2-3-9(8(10)7-16-18)17-11(5-6-11)12(13,14)15/h7,9,17H,2-6H2,1H3. The first kappa shape index (κ1) is 12.0. The maximum Gasteiger partial charge on any atom is 0.406 e. The summed E-state index contributed by atoms with van der Waals surface area (Å²) in [6.45, 7) is 0. The van der Waals surface area contributed by atoms with E-state index >= 15 is 0 Å². The molecule has 2 aliphatic rings. The minimum Gasteiger partial charge on any atom is -0.297 e. The van der Waals surface area contributed by atoms with Gasteiger partial charge in [-0.2, -0.15) is 18.3 Å². The van der Waals surface area contributed by atoms with Crippen molar-refractivity contribution < 1.29 is 13.2 Å². The predicted molar refractivity (Wildman–Crippen MR) is 60.0 cm³/mol. The molecule has 18 heavy (non-hydrogen) atoms. The number of rotatable bonds is 2. The molecule has 0 bridgehead atoms. The molecule has 1 aromatic heterocycles. The molecule has 1 aromatic rings. The van der Waals surface area contributed by atoms with E-state index in [0.717, 1.165) is 30.5 Å². The molecule has 0 spiro atoms. The zero-order valence-electron chi connectivity index (χ0n) is 10.2. The number of aromatic nitrogens is 2. The summed E-state index contributed by atoms with van der Waals surface area (Å²) in [6, 6.07) is -0.202. The first-order valence-corrected chi connectivity index (χ1v) is 6.28. The molecule has 0 aliphatic heterocycles. The van der Waals surface area contributed by atoms with Crippen LogP contribution in [0, 0.1) is 0 Å². The minimum absolute atomic E-state index is 0.197. The molecule has 6 heteroatoms. The minimum atomic E-state index is -4.15. The van der Waals surface area contributed by atoms with Crippen LogP contribution in [-0.2, 0) is 13.5 Å². The second-order valence-corrected chi connectivity index (χ2v) is 5.34. The Morgan fingerprint density at radius 2 is 2.17 bits per heavy atom. The average molecular weight is 259 g/mol. The van der Waals surface area contributed by atoms with E-state index in [1.165, 1.54) is 0 Å². The van der Waals surface area contributed by atoms with Crippen LogP contribution in [-0.4, -0.2) is 21.5 Å². The number of nitrogens with one attached hydrogen (secondary N) is 1. The molecule has 0 aromatic carbocycles. The molecule has 100 valence electrons. The van der Waals surface area contributed by atoms with Gasteiger partial charge < -0.3 is 0 Å². The van der Waals surface area contributed by atoms with E-state index in [-0.39, 0.29) is 18.9 Å². The van der Waals surface area contributed by atoms with Crippen molar-refractivity contribution in [3.63, 3.8) is 0 Å². The van der Waals surface area contributed by atoms with Crippen molar-refractivity contribution >= 4 is 0 Å². The van der Waals surface area contributed by atoms with E-state index in [9.17, 15) is 13.2 Å². The van der Waals surface area contributed by atoms with Crippen molar-refractivity contribution in [2.45, 2.75) is 49.9 Å². The van der Waals surface area contributed by atoms with Crippen molar-refractivity contribution in [2.24, 2.45) is 7.05 Å². The Labute approximate surface area is 103 Å². The first-order valence-electron chi connectivity index (χ1n) is 6.28. The van der Waals surface area contributed by atoms with E-state index in [2.05, 4.69) is 10.4 Å². The molecule has 1 atom stereocenters. The van der Waals surface area contributed by atoms with E-state index in [0.29, 0.717) is 0 Å². The van der Waals surface area contributed by atoms with Crippen LogP contribution in [0.4, 0.5) is 13.2 Å². The number of halogens is 3. The fraction of sp³-hybridized carbons (Fsp3) is 0.750. The maximum atomic E-state index is 12.9. The van der Waals surface area contributed by atoms with Crippen molar-refractivity contribution in [3.8, 4) is 0 Å². The molecule has 0 radical (unpaired) electrons. The van der Waals surface area contributed by atoms with E-state index in [1.807, 2.05) is 7.05 Å². The molecular weight excluding hydrogens is 243 g/mol. The second kappa shape index (κ2) is 3.73. The molecule has 1 saturated carbocycles. The summed E-state index contributed by atoms with van der Waals surface area (Å²) < 4.78 is 40.6. The fourth-order valence-corrected chi connectivity index (χ4v) is 2.82. The van der Waals surface area contributed by atoms with Crippen LogP contribution in [0.25, 0.3) is 0 Å². The van der Waals surface area contributed by atoms with Crippen LogP contribution in [0.3, 0.4) is 0 Å². The van der Waals surface area contributed by atoms with Gasteiger partial charge in [-0.05, 0) is 32.1 Å². The van der Waals surface area contributed by atoms with Crippen molar-refractivity contribution in [1.82, 2.24) is 15.1 Å². The van der Waals surface area contributed by atoms with Crippen LogP contribution in [0.5, 0.6) is 0 Å². The molecule has 1 N–H and O–H groups in total. The molecule has 0 saturated heterocycles. The molecule has 0 amide bonds. The lowest BCUT2D eigenvalue weighted by atomic mass is 9.92. The Morgan fingerprint density at radius 3 is 2.78 bits per heavy atom. The first-order chi connectivity index (χ1) is 8.43. The third kappa shape index (κ3) is 1.74. The number of hydrogen-bond donors (Lipinski definition) is 1. The summed E-state index contributed by atoms with van der Waals surface area (Å²) in [5.41, 5.74) is 0.373. The topological polar surface area (TPSA) is 29.9 Å². The number of nitrogens with zero attached hydrogens (tertiary/aromatic N) is 2. The van der Waals surface area contributed by atoms with Crippen LogP contribution < -0.4 is 5.32 Å². The lowest BCUT2D eigenvalue weighted by Crippen LogP contribution is -2.47. The maximum absolute atomic E-state index is 12.9. The Morgan fingerprint density at radius 1 is 1.44 bits per heavy atom. The monoisotopic (exact) mass is 259 g/mol. The molecule has 3 rings (SSSR count). The average Bonchev–Trinajstić information content (AvgIpc) is 2.99. The van der Waals surface area contributed by atoms with Gasteiger partial charge in [0, 0.05) is 24.3 Å². The normalized spacial score (nSPS) is 25.9. The summed E-state index contributed by atoms with van der Waals surface area (Å²) in [5.74, 6) is 0. The van der Waals surface area contributed by atoms with Gasteiger partial charge in [0.25, 0.3) is 0 Å². The lowest BCUT2D eigenvalue weighted by Gasteiger charge is -2.30. The summed E-state index contributed by atoms with van der Waals surface area (Å²) >= 11 is 0. The van der Waals surface area contributed by atoms with Gasteiger partial charge in [0.05, 0.1) is 6.20 Å². The van der Waals surface area contributed by atoms with Crippen molar-refractivity contribution in [2.75, 3.05) is 0 Å². The highest BCUT2D eigenvalue weighted by Gasteiger charge is 2.64. The quantitative estimate of drug-likeness (QED) is 0.884. The Bertz CT molecular complexity index is 460. The molecule has 2 aliphatic carbocycles. The van der Waals surface area contributed by atoms with Crippen LogP contribution in [0.1, 0.15) is 43.0 Å². The van der Waals surface area contributed by atoms with Crippen molar-refractivity contribution in [1.29, 1.82) is 0 Å². The molecule has 1 fully saturated rings.